The SMILES string of the molecule is CCCCCC(=O)OC[C@@H]1OC[C@@H](O)[C@@H]1O. The van der Waals surface area contributed by atoms with Crippen LogP contribution in [0.4, 0.5) is 0 Å². The van der Waals surface area contributed by atoms with Gasteiger partial charge in [0.15, 0.2) is 0 Å². The van der Waals surface area contributed by atoms with Crippen LogP contribution in [0.25, 0.3) is 0 Å². The first-order valence-electron chi connectivity index (χ1n) is 5.78. The van der Waals surface area contributed by atoms with Crippen molar-refractivity contribution in [2.45, 2.75) is 50.9 Å². The summed E-state index contributed by atoms with van der Waals surface area (Å²) >= 11 is 0. The minimum atomic E-state index is -0.955. The maximum atomic E-state index is 11.2. The van der Waals surface area contributed by atoms with Gasteiger partial charge in [-0.15, -0.1) is 0 Å². The van der Waals surface area contributed by atoms with Crippen molar-refractivity contribution in [1.29, 1.82) is 0 Å². The largest absolute Gasteiger partial charge is 0.463 e. The smallest absolute Gasteiger partial charge is 0.305 e. The fraction of sp³-hybridized carbons (Fsp3) is 0.909. The second-order valence-electron chi connectivity index (χ2n) is 4.07. The van der Waals surface area contributed by atoms with Crippen molar-refractivity contribution in [3.8, 4) is 0 Å². The van der Waals surface area contributed by atoms with Gasteiger partial charge in [-0.1, -0.05) is 19.8 Å². The summed E-state index contributed by atoms with van der Waals surface area (Å²) in [6, 6.07) is 0. The van der Waals surface area contributed by atoms with Crippen LogP contribution in [0.5, 0.6) is 0 Å². The summed E-state index contributed by atoms with van der Waals surface area (Å²) in [7, 11) is 0. The van der Waals surface area contributed by atoms with Crippen LogP contribution in [0.3, 0.4) is 0 Å². The number of esters is 1. The number of carbonyl (C=O) groups is 1. The fourth-order valence-corrected chi connectivity index (χ4v) is 1.58. The van der Waals surface area contributed by atoms with Crippen LogP contribution in [0.2, 0.25) is 0 Å². The van der Waals surface area contributed by atoms with Gasteiger partial charge < -0.3 is 19.7 Å². The van der Waals surface area contributed by atoms with E-state index < -0.39 is 18.3 Å². The molecule has 2 N–H and O–H groups in total. The molecule has 5 nitrogen and oxygen atoms in total. The van der Waals surface area contributed by atoms with E-state index in [4.69, 9.17) is 9.47 Å². The van der Waals surface area contributed by atoms with Gasteiger partial charge in [0.1, 0.15) is 24.9 Å². The lowest BCUT2D eigenvalue weighted by molar-refractivity contribution is -0.148. The quantitative estimate of drug-likeness (QED) is 0.506. The molecule has 0 aromatic heterocycles. The third kappa shape index (κ3) is 4.08. The first kappa shape index (κ1) is 13.4. The molecule has 1 fully saturated rings. The van der Waals surface area contributed by atoms with E-state index >= 15 is 0 Å². The van der Waals surface area contributed by atoms with E-state index in [0.29, 0.717) is 6.42 Å². The van der Waals surface area contributed by atoms with Gasteiger partial charge in [-0.2, -0.15) is 0 Å². The number of ether oxygens (including phenoxy) is 2. The van der Waals surface area contributed by atoms with Crippen LogP contribution >= 0.6 is 0 Å². The molecule has 1 aliphatic heterocycles. The number of aliphatic hydroxyl groups excluding tert-OH is 2. The molecule has 1 rings (SSSR count). The molecule has 1 aliphatic rings. The summed E-state index contributed by atoms with van der Waals surface area (Å²) in [6.07, 6.45) is 0.878. The molecular weight excluding hydrogens is 212 g/mol. The summed E-state index contributed by atoms with van der Waals surface area (Å²) in [5.74, 6) is -0.273. The van der Waals surface area contributed by atoms with Crippen molar-refractivity contribution in [2.75, 3.05) is 13.2 Å². The second kappa shape index (κ2) is 6.83. The average Bonchev–Trinajstić information content (AvgIpc) is 2.58. The van der Waals surface area contributed by atoms with Gasteiger partial charge >= 0.3 is 5.97 Å². The summed E-state index contributed by atoms with van der Waals surface area (Å²) in [4.78, 5) is 11.2. The fourth-order valence-electron chi connectivity index (χ4n) is 1.58. The molecule has 0 aromatic rings. The molecule has 1 heterocycles. The van der Waals surface area contributed by atoms with E-state index in [9.17, 15) is 15.0 Å². The Morgan fingerprint density at radius 1 is 1.44 bits per heavy atom. The minimum Gasteiger partial charge on any atom is -0.463 e. The number of hydrogen-bond donors (Lipinski definition) is 2. The predicted molar refractivity (Wildman–Crippen MR) is 56.9 cm³/mol. The van der Waals surface area contributed by atoms with Crippen molar-refractivity contribution < 1.29 is 24.5 Å². The molecule has 0 amide bonds. The molecule has 0 bridgehead atoms. The molecule has 0 radical (unpaired) electrons. The number of rotatable bonds is 6. The molecule has 5 heteroatoms. The lowest BCUT2D eigenvalue weighted by Crippen LogP contribution is -2.33. The van der Waals surface area contributed by atoms with Crippen molar-refractivity contribution in [1.82, 2.24) is 0 Å². The summed E-state index contributed by atoms with van der Waals surface area (Å²) in [6.45, 7) is 2.18. The third-order valence-electron chi connectivity index (χ3n) is 2.65. The molecule has 1 saturated heterocycles. The molecule has 16 heavy (non-hydrogen) atoms. The number of aliphatic hydroxyl groups is 2. The molecule has 0 aromatic carbocycles. The lowest BCUT2D eigenvalue weighted by atomic mass is 10.1. The zero-order valence-corrected chi connectivity index (χ0v) is 9.59. The Kier molecular flexibility index (Phi) is 5.73. The normalized spacial score (nSPS) is 29.3. The van der Waals surface area contributed by atoms with Crippen LogP contribution in [-0.2, 0) is 14.3 Å². The number of hydrogen-bond acceptors (Lipinski definition) is 5. The monoisotopic (exact) mass is 232 g/mol. The highest BCUT2D eigenvalue weighted by molar-refractivity contribution is 5.69. The molecule has 0 saturated carbocycles. The Hall–Kier alpha value is -0.650. The van der Waals surface area contributed by atoms with Gasteiger partial charge in [0.25, 0.3) is 0 Å². The first-order valence-corrected chi connectivity index (χ1v) is 5.78. The van der Waals surface area contributed by atoms with E-state index in [1.54, 1.807) is 0 Å². The zero-order valence-electron chi connectivity index (χ0n) is 9.59. The Morgan fingerprint density at radius 3 is 2.75 bits per heavy atom. The third-order valence-corrected chi connectivity index (χ3v) is 2.65. The topological polar surface area (TPSA) is 76.0 Å². The molecule has 3 atom stereocenters. The van der Waals surface area contributed by atoms with Gasteiger partial charge in [-0.05, 0) is 6.42 Å². The van der Waals surface area contributed by atoms with Crippen molar-refractivity contribution in [3.63, 3.8) is 0 Å². The maximum Gasteiger partial charge on any atom is 0.305 e. The Labute approximate surface area is 95.4 Å². The highest BCUT2D eigenvalue weighted by Gasteiger charge is 2.35. The second-order valence-corrected chi connectivity index (χ2v) is 4.07. The minimum absolute atomic E-state index is 0.0170. The molecule has 94 valence electrons. The van der Waals surface area contributed by atoms with Crippen LogP contribution < -0.4 is 0 Å². The number of carbonyl (C=O) groups excluding carboxylic acids is 1. The lowest BCUT2D eigenvalue weighted by Gasteiger charge is -2.14. The van der Waals surface area contributed by atoms with E-state index in [1.165, 1.54) is 0 Å². The van der Waals surface area contributed by atoms with E-state index in [1.807, 2.05) is 0 Å². The molecular formula is C11H20O5. The number of unbranched alkanes of at least 4 members (excludes halogenated alkanes) is 2. The van der Waals surface area contributed by atoms with Gasteiger partial charge in [0, 0.05) is 6.42 Å². The molecule has 0 spiro atoms. The van der Waals surface area contributed by atoms with E-state index in [-0.39, 0.29) is 19.2 Å². The zero-order chi connectivity index (χ0) is 12.0. The first-order chi connectivity index (χ1) is 7.65. The van der Waals surface area contributed by atoms with Crippen molar-refractivity contribution in [2.24, 2.45) is 0 Å². The average molecular weight is 232 g/mol. The molecule has 0 aliphatic carbocycles. The predicted octanol–water partition coefficient (Wildman–Crippen LogP) is 0.231. The van der Waals surface area contributed by atoms with Crippen molar-refractivity contribution in [3.05, 3.63) is 0 Å². The molecule has 0 unspecified atom stereocenters. The summed E-state index contributed by atoms with van der Waals surface area (Å²) < 4.78 is 10.0. The van der Waals surface area contributed by atoms with Crippen molar-refractivity contribution >= 4 is 5.97 Å². The standard InChI is InChI=1S/C11H20O5/c1-2-3-4-5-10(13)16-7-9-11(14)8(12)6-15-9/h8-9,11-12,14H,2-7H2,1H3/t8-,9+,11+/m1/s1. The van der Waals surface area contributed by atoms with Gasteiger partial charge in [-0.3, -0.25) is 4.79 Å². The van der Waals surface area contributed by atoms with E-state index in [2.05, 4.69) is 6.92 Å². The van der Waals surface area contributed by atoms with Gasteiger partial charge in [0.05, 0.1) is 6.61 Å². The maximum absolute atomic E-state index is 11.2. The van der Waals surface area contributed by atoms with Crippen LogP contribution in [-0.4, -0.2) is 47.7 Å². The van der Waals surface area contributed by atoms with Crippen LogP contribution in [0, 0.1) is 0 Å². The Morgan fingerprint density at radius 2 is 2.19 bits per heavy atom. The highest BCUT2D eigenvalue weighted by Crippen LogP contribution is 2.14. The van der Waals surface area contributed by atoms with Gasteiger partial charge in [-0.25, -0.2) is 0 Å². The Balaban J connectivity index is 2.12. The van der Waals surface area contributed by atoms with Gasteiger partial charge in [0.2, 0.25) is 0 Å². The van der Waals surface area contributed by atoms with Crippen LogP contribution in [0.15, 0.2) is 0 Å². The summed E-state index contributed by atoms with van der Waals surface area (Å²) in [5, 5.41) is 18.6. The highest BCUT2D eigenvalue weighted by atomic mass is 16.6. The van der Waals surface area contributed by atoms with Crippen LogP contribution in [0.1, 0.15) is 32.6 Å². The van der Waals surface area contributed by atoms with E-state index in [0.717, 1.165) is 19.3 Å². The summed E-state index contributed by atoms with van der Waals surface area (Å²) in [5.41, 5.74) is 0. The Bertz CT molecular complexity index is 218.